The average molecular weight is 480 g/mol. The first-order valence-corrected chi connectivity index (χ1v) is 11.7. The van der Waals surface area contributed by atoms with E-state index in [-0.39, 0.29) is 62.7 Å². The summed E-state index contributed by atoms with van der Waals surface area (Å²) < 4.78 is 41.7. The van der Waals surface area contributed by atoms with Crippen LogP contribution in [0.4, 0.5) is 4.79 Å². The number of hydrogen-bond donors (Lipinski definition) is 1. The Morgan fingerprint density at radius 2 is 1.70 bits per heavy atom. The molecule has 1 aromatic heterocycles. The highest BCUT2D eigenvalue weighted by Gasteiger charge is 2.33. The SMILES string of the molecule is CCOC(=O)c1ccc(S(=O)(=O)N2CCN(C(=O)CNC(=O)OCc3ccccc3)CC2)o1. The number of esters is 1. The van der Waals surface area contributed by atoms with E-state index in [0.717, 1.165) is 5.56 Å². The molecule has 3 rings (SSSR count). The molecular formula is C21H25N3O8S. The lowest BCUT2D eigenvalue weighted by molar-refractivity contribution is -0.131. The first-order chi connectivity index (χ1) is 15.8. The zero-order chi connectivity index (χ0) is 23.8. The van der Waals surface area contributed by atoms with Gasteiger partial charge in [0.25, 0.3) is 10.0 Å². The van der Waals surface area contributed by atoms with Gasteiger partial charge in [0.15, 0.2) is 0 Å². The Morgan fingerprint density at radius 1 is 1.00 bits per heavy atom. The Morgan fingerprint density at radius 3 is 2.36 bits per heavy atom. The number of benzene rings is 1. The third-order valence-corrected chi connectivity index (χ3v) is 6.61. The number of nitrogens with zero attached hydrogens (tertiary/aromatic N) is 2. The molecule has 0 radical (unpaired) electrons. The van der Waals surface area contributed by atoms with E-state index in [9.17, 15) is 22.8 Å². The quantitative estimate of drug-likeness (QED) is 0.558. The minimum atomic E-state index is -3.97. The number of piperazine rings is 1. The van der Waals surface area contributed by atoms with Crippen molar-refractivity contribution in [3.63, 3.8) is 0 Å². The number of rotatable bonds is 8. The molecule has 2 amide bonds. The molecule has 2 heterocycles. The summed E-state index contributed by atoms with van der Waals surface area (Å²) in [6.45, 7) is 1.96. The van der Waals surface area contributed by atoms with Crippen LogP contribution in [0.3, 0.4) is 0 Å². The third-order valence-electron chi connectivity index (χ3n) is 4.84. The van der Waals surface area contributed by atoms with Crippen molar-refractivity contribution in [2.45, 2.75) is 18.6 Å². The number of furan rings is 1. The molecule has 11 nitrogen and oxygen atoms in total. The summed E-state index contributed by atoms with van der Waals surface area (Å²) in [4.78, 5) is 37.3. The largest absolute Gasteiger partial charge is 0.460 e. The highest BCUT2D eigenvalue weighted by molar-refractivity contribution is 7.89. The molecule has 0 unspecified atom stereocenters. The summed E-state index contributed by atoms with van der Waals surface area (Å²) in [6, 6.07) is 11.6. The molecule has 0 aliphatic carbocycles. The molecule has 12 heteroatoms. The van der Waals surface area contributed by atoms with E-state index in [4.69, 9.17) is 13.9 Å². The van der Waals surface area contributed by atoms with Crippen LogP contribution < -0.4 is 5.32 Å². The highest BCUT2D eigenvalue weighted by atomic mass is 32.2. The maximum atomic E-state index is 12.8. The number of alkyl carbamates (subject to hydrolysis) is 1. The smallest absolute Gasteiger partial charge is 0.407 e. The molecule has 1 fully saturated rings. The molecule has 0 bridgehead atoms. The van der Waals surface area contributed by atoms with Gasteiger partial charge >= 0.3 is 12.1 Å². The topological polar surface area (TPSA) is 135 Å². The van der Waals surface area contributed by atoms with Crippen LogP contribution in [0, 0.1) is 0 Å². The van der Waals surface area contributed by atoms with E-state index >= 15 is 0 Å². The molecule has 1 aliphatic heterocycles. The second kappa shape index (κ2) is 11.0. The lowest BCUT2D eigenvalue weighted by Gasteiger charge is -2.33. The Labute approximate surface area is 191 Å². The van der Waals surface area contributed by atoms with Gasteiger partial charge in [-0.1, -0.05) is 30.3 Å². The van der Waals surface area contributed by atoms with Gasteiger partial charge in [0.05, 0.1) is 6.61 Å². The normalized spacial score (nSPS) is 14.5. The predicted molar refractivity (Wildman–Crippen MR) is 115 cm³/mol. The van der Waals surface area contributed by atoms with E-state index in [2.05, 4.69) is 5.32 Å². The third kappa shape index (κ3) is 6.33. The van der Waals surface area contributed by atoms with Crippen LogP contribution in [0.2, 0.25) is 0 Å². The summed E-state index contributed by atoms with van der Waals surface area (Å²) in [7, 11) is -3.97. The van der Waals surface area contributed by atoms with Crippen LogP contribution in [0.15, 0.2) is 52.0 Å². The van der Waals surface area contributed by atoms with Crippen LogP contribution in [0.25, 0.3) is 0 Å². The maximum Gasteiger partial charge on any atom is 0.407 e. The first kappa shape index (κ1) is 24.3. The van der Waals surface area contributed by atoms with Gasteiger partial charge in [-0.05, 0) is 24.6 Å². The van der Waals surface area contributed by atoms with Crippen LogP contribution in [-0.4, -0.2) is 74.9 Å². The molecule has 0 atom stereocenters. The van der Waals surface area contributed by atoms with E-state index in [1.54, 1.807) is 6.92 Å². The van der Waals surface area contributed by atoms with Crippen molar-refractivity contribution < 1.29 is 36.7 Å². The predicted octanol–water partition coefficient (Wildman–Crippen LogP) is 1.22. The molecule has 2 aromatic rings. The molecule has 1 aliphatic rings. The minimum Gasteiger partial charge on any atom is -0.460 e. The number of nitrogens with one attached hydrogen (secondary N) is 1. The Bertz CT molecular complexity index is 1080. The summed E-state index contributed by atoms with van der Waals surface area (Å²) in [5.41, 5.74) is 0.822. The fourth-order valence-corrected chi connectivity index (χ4v) is 4.44. The van der Waals surface area contributed by atoms with Crippen molar-refractivity contribution in [1.29, 1.82) is 0 Å². The second-order valence-corrected chi connectivity index (χ2v) is 8.91. The molecule has 0 spiro atoms. The van der Waals surface area contributed by atoms with Crippen molar-refractivity contribution in [2.24, 2.45) is 0 Å². The Hall–Kier alpha value is -3.38. The van der Waals surface area contributed by atoms with Crippen LogP contribution >= 0.6 is 0 Å². The molecular weight excluding hydrogens is 454 g/mol. The summed E-state index contributed by atoms with van der Waals surface area (Å²) in [5, 5.41) is 2.03. The number of carbonyl (C=O) groups excluding carboxylic acids is 3. The first-order valence-electron chi connectivity index (χ1n) is 10.3. The van der Waals surface area contributed by atoms with Crippen molar-refractivity contribution in [1.82, 2.24) is 14.5 Å². The number of hydrogen-bond acceptors (Lipinski definition) is 8. The van der Waals surface area contributed by atoms with Gasteiger partial charge < -0.3 is 24.1 Å². The molecule has 1 aromatic carbocycles. The maximum absolute atomic E-state index is 12.8. The molecule has 0 saturated carbocycles. The fraction of sp³-hybridized carbons (Fsp3) is 0.381. The molecule has 1 saturated heterocycles. The zero-order valence-electron chi connectivity index (χ0n) is 18.1. The minimum absolute atomic E-state index is 0.0436. The second-order valence-electron chi connectivity index (χ2n) is 7.04. The Kier molecular flexibility index (Phi) is 8.06. The summed E-state index contributed by atoms with van der Waals surface area (Å²) in [6.07, 6.45) is -0.719. The number of sulfonamides is 1. The van der Waals surface area contributed by atoms with E-state index in [0.29, 0.717) is 0 Å². The van der Waals surface area contributed by atoms with Crippen LogP contribution in [0.1, 0.15) is 23.0 Å². The van der Waals surface area contributed by atoms with Gasteiger partial charge in [-0.2, -0.15) is 4.31 Å². The van der Waals surface area contributed by atoms with Crippen molar-refractivity contribution in [3.05, 3.63) is 53.8 Å². The number of amides is 2. The zero-order valence-corrected chi connectivity index (χ0v) is 18.9. The molecule has 33 heavy (non-hydrogen) atoms. The van der Waals surface area contributed by atoms with Crippen LogP contribution in [-0.2, 0) is 30.9 Å². The van der Waals surface area contributed by atoms with Crippen LogP contribution in [0.5, 0.6) is 0 Å². The lowest BCUT2D eigenvalue weighted by Crippen LogP contribution is -2.52. The van der Waals surface area contributed by atoms with Gasteiger partial charge in [-0.15, -0.1) is 0 Å². The highest BCUT2D eigenvalue weighted by Crippen LogP contribution is 2.21. The number of carbonyl (C=O) groups is 3. The van der Waals surface area contributed by atoms with Gasteiger partial charge in [0.1, 0.15) is 13.2 Å². The van der Waals surface area contributed by atoms with Crippen molar-refractivity contribution >= 4 is 28.0 Å². The van der Waals surface area contributed by atoms with Crippen molar-refractivity contribution in [2.75, 3.05) is 39.3 Å². The van der Waals surface area contributed by atoms with Gasteiger partial charge in [0.2, 0.25) is 16.8 Å². The lowest BCUT2D eigenvalue weighted by atomic mass is 10.2. The van der Waals surface area contributed by atoms with E-state index in [1.807, 2.05) is 30.3 Å². The average Bonchev–Trinajstić information content (AvgIpc) is 3.34. The fourth-order valence-electron chi connectivity index (χ4n) is 3.11. The van der Waals surface area contributed by atoms with Gasteiger partial charge in [0, 0.05) is 26.2 Å². The molecule has 1 N–H and O–H groups in total. The number of ether oxygens (including phenoxy) is 2. The van der Waals surface area contributed by atoms with E-state index in [1.165, 1.54) is 21.3 Å². The summed E-state index contributed by atoms with van der Waals surface area (Å²) >= 11 is 0. The van der Waals surface area contributed by atoms with Gasteiger partial charge in [-0.3, -0.25) is 4.79 Å². The molecule has 178 valence electrons. The van der Waals surface area contributed by atoms with E-state index < -0.39 is 22.1 Å². The monoisotopic (exact) mass is 479 g/mol. The van der Waals surface area contributed by atoms with Crippen molar-refractivity contribution in [3.8, 4) is 0 Å². The summed E-state index contributed by atoms with van der Waals surface area (Å²) in [5.74, 6) is -1.30. The standard InChI is InChI=1S/C21H25N3O8S/c1-2-30-20(26)17-8-9-19(32-17)33(28,29)24-12-10-23(11-13-24)18(25)14-22-21(27)31-15-16-6-4-3-5-7-16/h3-9H,2,10-15H2,1H3,(H,22,27). The Balaban J connectivity index is 1.45. The van der Waals surface area contributed by atoms with Gasteiger partial charge in [-0.25, -0.2) is 18.0 Å².